The maximum atomic E-state index is 6.80. The zero-order valence-corrected chi connectivity index (χ0v) is 21.6. The van der Waals surface area contributed by atoms with Gasteiger partial charge in [-0.25, -0.2) is 4.98 Å². The van der Waals surface area contributed by atoms with Crippen molar-refractivity contribution < 1.29 is 0 Å². The van der Waals surface area contributed by atoms with E-state index in [1.807, 2.05) is 25.1 Å². The number of anilines is 3. The number of pyridine rings is 1. The summed E-state index contributed by atoms with van der Waals surface area (Å²) < 4.78 is 0. The predicted molar refractivity (Wildman–Crippen MR) is 152 cm³/mol. The molecular formula is C28H28Cl2N6. The molecule has 0 radical (unpaired) electrons. The summed E-state index contributed by atoms with van der Waals surface area (Å²) in [5, 5.41) is 5.36. The van der Waals surface area contributed by atoms with Gasteiger partial charge < -0.3 is 15.2 Å². The molecule has 6 nitrogen and oxygen atoms in total. The number of nitrogens with zero attached hydrogens (tertiary/aromatic N) is 4. The van der Waals surface area contributed by atoms with Gasteiger partial charge in [-0.15, -0.1) is 12.4 Å². The van der Waals surface area contributed by atoms with Gasteiger partial charge in [0.1, 0.15) is 0 Å². The zero-order chi connectivity index (χ0) is 23.8. The Morgan fingerprint density at radius 1 is 0.944 bits per heavy atom. The van der Waals surface area contributed by atoms with Gasteiger partial charge in [0.05, 0.1) is 39.3 Å². The molecule has 1 fully saturated rings. The van der Waals surface area contributed by atoms with Crippen molar-refractivity contribution in [2.45, 2.75) is 13.5 Å². The van der Waals surface area contributed by atoms with Crippen LogP contribution in [0, 0.1) is 6.92 Å². The van der Waals surface area contributed by atoms with Crippen LogP contribution in [0.1, 0.15) is 11.3 Å². The van der Waals surface area contributed by atoms with Crippen LogP contribution in [-0.4, -0.2) is 46.0 Å². The summed E-state index contributed by atoms with van der Waals surface area (Å²) in [6, 6.07) is 23.0. The largest absolute Gasteiger partial charge is 0.368 e. The maximum absolute atomic E-state index is 6.80. The number of aromatic nitrogens is 3. The topological polar surface area (TPSA) is 60.1 Å². The molecule has 5 aromatic rings. The minimum absolute atomic E-state index is 0. The van der Waals surface area contributed by atoms with E-state index >= 15 is 0 Å². The van der Waals surface area contributed by atoms with E-state index in [-0.39, 0.29) is 12.4 Å². The molecule has 0 bridgehead atoms. The molecule has 8 heteroatoms. The number of hydrogen-bond acceptors (Lipinski definition) is 5. The number of rotatable bonds is 5. The Balaban J connectivity index is 0.00000267. The highest BCUT2D eigenvalue weighted by Crippen LogP contribution is 2.34. The second-order valence-electron chi connectivity index (χ2n) is 9.11. The lowest BCUT2D eigenvalue weighted by atomic mass is 10.1. The molecule has 2 aromatic heterocycles. The third kappa shape index (κ3) is 4.85. The van der Waals surface area contributed by atoms with Crippen LogP contribution in [-0.2, 0) is 6.54 Å². The van der Waals surface area contributed by atoms with Gasteiger partial charge in [0.25, 0.3) is 0 Å². The van der Waals surface area contributed by atoms with Crippen LogP contribution < -0.4 is 10.2 Å². The molecule has 0 atom stereocenters. The highest BCUT2D eigenvalue weighted by atomic mass is 35.5. The van der Waals surface area contributed by atoms with E-state index < -0.39 is 0 Å². The smallest absolute Gasteiger partial charge is 0.0932 e. The van der Waals surface area contributed by atoms with Gasteiger partial charge in [0.15, 0.2) is 0 Å². The first-order valence-corrected chi connectivity index (χ1v) is 12.3. The number of imidazole rings is 1. The number of hydrogen-bond donors (Lipinski definition) is 2. The average Bonchev–Trinajstić information content (AvgIpc) is 3.34. The SMILES string of the molecule is Cc1cc(Nc2ccc(N3CCN(Cc4ccccc4)CC3)c(Cl)c2)c2c(ccc3nc[nH]c32)n1.Cl. The summed E-state index contributed by atoms with van der Waals surface area (Å²) in [7, 11) is 0. The van der Waals surface area contributed by atoms with Crippen molar-refractivity contribution in [3.63, 3.8) is 0 Å². The minimum Gasteiger partial charge on any atom is -0.368 e. The number of aromatic amines is 1. The Morgan fingerprint density at radius 3 is 2.50 bits per heavy atom. The van der Waals surface area contributed by atoms with E-state index in [0.717, 1.165) is 82.4 Å². The van der Waals surface area contributed by atoms with Crippen molar-refractivity contribution in [2.75, 3.05) is 36.4 Å². The van der Waals surface area contributed by atoms with Gasteiger partial charge in [-0.1, -0.05) is 41.9 Å². The van der Waals surface area contributed by atoms with E-state index in [4.69, 9.17) is 16.6 Å². The predicted octanol–water partition coefficient (Wildman–Crippen LogP) is 6.56. The Hall–Kier alpha value is -3.32. The normalized spacial score (nSPS) is 14.2. The third-order valence-electron chi connectivity index (χ3n) is 6.68. The zero-order valence-electron chi connectivity index (χ0n) is 20.0. The Kier molecular flexibility index (Phi) is 7.01. The van der Waals surface area contributed by atoms with Crippen molar-refractivity contribution in [1.82, 2.24) is 19.9 Å². The van der Waals surface area contributed by atoms with Crippen LogP contribution in [0.4, 0.5) is 17.1 Å². The van der Waals surface area contributed by atoms with Crippen molar-refractivity contribution in [1.29, 1.82) is 0 Å². The highest BCUT2D eigenvalue weighted by Gasteiger charge is 2.19. The van der Waals surface area contributed by atoms with Crippen LogP contribution >= 0.6 is 24.0 Å². The molecule has 2 N–H and O–H groups in total. The van der Waals surface area contributed by atoms with E-state index in [1.54, 1.807) is 6.33 Å². The second kappa shape index (κ2) is 10.3. The van der Waals surface area contributed by atoms with E-state index in [2.05, 4.69) is 73.6 Å². The van der Waals surface area contributed by atoms with Crippen LogP contribution in [0.3, 0.4) is 0 Å². The molecule has 0 saturated carbocycles. The van der Waals surface area contributed by atoms with Gasteiger partial charge >= 0.3 is 0 Å². The second-order valence-corrected chi connectivity index (χ2v) is 9.51. The summed E-state index contributed by atoms with van der Waals surface area (Å²) >= 11 is 6.80. The van der Waals surface area contributed by atoms with Gasteiger partial charge in [0.2, 0.25) is 0 Å². The minimum atomic E-state index is 0. The third-order valence-corrected chi connectivity index (χ3v) is 6.98. The standard InChI is InChI=1S/C28H27ClN6.ClH/c1-19-15-25(27-23(32-19)8-9-24-28(27)31-18-30-24)33-21-7-10-26(22(29)16-21)35-13-11-34(12-14-35)17-20-5-3-2-4-6-20;/h2-10,15-16,18H,11-14,17H2,1H3,(H,30,31)(H,32,33);1H. The van der Waals surface area contributed by atoms with E-state index in [1.165, 1.54) is 5.56 Å². The summed E-state index contributed by atoms with van der Waals surface area (Å²) in [5.41, 5.74) is 8.17. The molecule has 0 unspecified atom stereocenters. The first kappa shape index (κ1) is 24.4. The first-order chi connectivity index (χ1) is 17.1. The molecule has 36 heavy (non-hydrogen) atoms. The number of piperazine rings is 1. The molecule has 1 aliphatic rings. The van der Waals surface area contributed by atoms with Gasteiger partial charge in [-0.2, -0.15) is 0 Å². The monoisotopic (exact) mass is 518 g/mol. The van der Waals surface area contributed by atoms with Gasteiger partial charge in [0, 0.05) is 49.5 Å². The summed E-state index contributed by atoms with van der Waals surface area (Å²) in [6.07, 6.45) is 1.72. The molecular weight excluding hydrogens is 491 g/mol. The van der Waals surface area contributed by atoms with Gasteiger partial charge in [-0.3, -0.25) is 9.88 Å². The van der Waals surface area contributed by atoms with E-state index in [9.17, 15) is 0 Å². The van der Waals surface area contributed by atoms with Gasteiger partial charge in [-0.05, 0) is 48.9 Å². The number of fused-ring (bicyclic) bond motifs is 3. The fourth-order valence-corrected chi connectivity index (χ4v) is 5.25. The average molecular weight is 519 g/mol. The number of benzene rings is 3. The summed E-state index contributed by atoms with van der Waals surface area (Å²) in [5.74, 6) is 0. The van der Waals surface area contributed by atoms with Crippen molar-refractivity contribution >= 4 is 63.0 Å². The number of nitrogens with one attached hydrogen (secondary N) is 2. The van der Waals surface area contributed by atoms with Crippen molar-refractivity contribution in [3.05, 3.63) is 89.3 Å². The molecule has 1 aliphatic heterocycles. The fourth-order valence-electron chi connectivity index (χ4n) is 4.95. The Labute approximate surface area is 221 Å². The highest BCUT2D eigenvalue weighted by molar-refractivity contribution is 6.33. The number of halogens is 2. The molecule has 0 aliphatic carbocycles. The van der Waals surface area contributed by atoms with Crippen molar-refractivity contribution in [2.24, 2.45) is 0 Å². The Morgan fingerprint density at radius 2 is 1.72 bits per heavy atom. The molecule has 3 heterocycles. The lowest BCUT2D eigenvalue weighted by Gasteiger charge is -2.36. The summed E-state index contributed by atoms with van der Waals surface area (Å²) in [6.45, 7) is 6.97. The van der Waals surface area contributed by atoms with Crippen LogP contribution in [0.25, 0.3) is 21.9 Å². The number of aryl methyl sites for hydroxylation is 1. The fraction of sp³-hybridized carbons (Fsp3) is 0.214. The van der Waals surface area contributed by atoms with Crippen LogP contribution in [0.2, 0.25) is 5.02 Å². The maximum Gasteiger partial charge on any atom is 0.0932 e. The number of H-pyrrole nitrogens is 1. The molecule has 1 saturated heterocycles. The summed E-state index contributed by atoms with van der Waals surface area (Å²) in [4.78, 5) is 17.3. The molecule has 184 valence electrons. The lowest BCUT2D eigenvalue weighted by Crippen LogP contribution is -2.46. The van der Waals surface area contributed by atoms with E-state index in [0.29, 0.717) is 0 Å². The Bertz CT molecular complexity index is 1490. The lowest BCUT2D eigenvalue weighted by molar-refractivity contribution is 0.250. The van der Waals surface area contributed by atoms with Crippen LogP contribution in [0.5, 0.6) is 0 Å². The molecule has 0 spiro atoms. The quantitative estimate of drug-likeness (QED) is 0.275. The molecule has 6 rings (SSSR count). The van der Waals surface area contributed by atoms with Crippen LogP contribution in [0.15, 0.2) is 73.1 Å². The molecule has 0 amide bonds. The molecule has 3 aromatic carbocycles. The van der Waals surface area contributed by atoms with Crippen molar-refractivity contribution in [3.8, 4) is 0 Å². The first-order valence-electron chi connectivity index (χ1n) is 12.0.